The zero-order valence-electron chi connectivity index (χ0n) is 15.8. The zero-order chi connectivity index (χ0) is 20.7. The molecule has 1 fully saturated rings. The molecule has 0 unspecified atom stereocenters. The molecule has 1 aliphatic carbocycles. The van der Waals surface area contributed by atoms with Gasteiger partial charge >= 0.3 is 0 Å². The van der Waals surface area contributed by atoms with Gasteiger partial charge in [0.05, 0.1) is 30.0 Å². The monoisotopic (exact) mass is 432 g/mol. The molecule has 2 aromatic heterocycles. The number of fused-ring (bicyclic) bond motifs is 1. The molecule has 1 aliphatic rings. The second-order valence-corrected chi connectivity index (χ2v) is 7.49. The molecule has 4 rings (SSSR count). The van der Waals surface area contributed by atoms with Gasteiger partial charge in [0.25, 0.3) is 0 Å². The number of anilines is 2. The van der Waals surface area contributed by atoms with Crippen LogP contribution in [-0.2, 0) is 4.79 Å². The van der Waals surface area contributed by atoms with Crippen molar-refractivity contribution in [3.8, 4) is 22.8 Å². The fraction of sp³-hybridized carbons (Fsp3) is 0.250. The third-order valence-corrected chi connectivity index (χ3v) is 5.51. The number of nitrogen functional groups attached to an aromatic ring is 1. The fourth-order valence-corrected chi connectivity index (χ4v) is 3.75. The molecule has 9 heteroatoms. The van der Waals surface area contributed by atoms with E-state index >= 15 is 0 Å². The number of nitrogens with one attached hydrogen (secondary N) is 1. The van der Waals surface area contributed by atoms with Gasteiger partial charge in [-0.1, -0.05) is 23.2 Å². The molecule has 3 N–H and O–H groups in total. The summed E-state index contributed by atoms with van der Waals surface area (Å²) in [6.07, 6.45) is 3.36. The van der Waals surface area contributed by atoms with Gasteiger partial charge < -0.3 is 20.5 Å². The second kappa shape index (κ2) is 7.57. The van der Waals surface area contributed by atoms with Crippen molar-refractivity contribution in [3.63, 3.8) is 0 Å². The van der Waals surface area contributed by atoms with Crippen molar-refractivity contribution in [2.75, 3.05) is 25.3 Å². The molecular weight excluding hydrogens is 415 g/mol. The van der Waals surface area contributed by atoms with Crippen molar-refractivity contribution in [3.05, 3.63) is 34.4 Å². The highest BCUT2D eigenvalue weighted by molar-refractivity contribution is 6.41. The molecule has 1 saturated carbocycles. The highest BCUT2D eigenvalue weighted by atomic mass is 35.5. The number of hydrogen-bond acceptors (Lipinski definition) is 6. The summed E-state index contributed by atoms with van der Waals surface area (Å²) >= 11 is 13.1. The maximum absolute atomic E-state index is 12.4. The van der Waals surface area contributed by atoms with Gasteiger partial charge in [0.15, 0.2) is 0 Å². The van der Waals surface area contributed by atoms with Gasteiger partial charge in [-0.25, -0.2) is 9.97 Å². The smallest absolute Gasteiger partial charge is 0.228 e. The van der Waals surface area contributed by atoms with Crippen molar-refractivity contribution >= 4 is 51.5 Å². The molecule has 3 aromatic rings. The highest BCUT2D eigenvalue weighted by Gasteiger charge is 2.30. The number of rotatable bonds is 5. The normalized spacial score (nSPS) is 13.4. The Morgan fingerprint density at radius 3 is 2.38 bits per heavy atom. The van der Waals surface area contributed by atoms with Crippen LogP contribution >= 0.6 is 23.2 Å². The Bertz CT molecular complexity index is 1100. The van der Waals surface area contributed by atoms with Crippen LogP contribution < -0.4 is 20.5 Å². The van der Waals surface area contributed by atoms with E-state index < -0.39 is 0 Å². The first kappa shape index (κ1) is 19.5. The molecule has 0 radical (unpaired) electrons. The van der Waals surface area contributed by atoms with Crippen LogP contribution in [0, 0.1) is 5.92 Å². The molecule has 0 spiro atoms. The molecule has 1 amide bonds. The Labute approximate surface area is 177 Å². The van der Waals surface area contributed by atoms with Crippen molar-refractivity contribution in [2.45, 2.75) is 12.8 Å². The molecule has 150 valence electrons. The van der Waals surface area contributed by atoms with Crippen LogP contribution in [0.15, 0.2) is 24.4 Å². The molecule has 1 aromatic carbocycles. The lowest BCUT2D eigenvalue weighted by molar-refractivity contribution is -0.117. The number of hydrogen-bond donors (Lipinski definition) is 2. The lowest BCUT2D eigenvalue weighted by Crippen LogP contribution is -2.15. The summed E-state index contributed by atoms with van der Waals surface area (Å²) < 4.78 is 10.7. The maximum atomic E-state index is 12.4. The van der Waals surface area contributed by atoms with E-state index in [1.54, 1.807) is 24.4 Å². The number of pyridine rings is 2. The van der Waals surface area contributed by atoms with Gasteiger partial charge in [-0.3, -0.25) is 4.79 Å². The Balaban J connectivity index is 1.95. The first-order chi connectivity index (χ1) is 13.9. The number of carbonyl (C=O) groups is 1. The summed E-state index contributed by atoms with van der Waals surface area (Å²) in [5, 5.41) is 4.87. The average Bonchev–Trinajstić information content (AvgIpc) is 3.54. The number of benzene rings is 1. The van der Waals surface area contributed by atoms with Crippen molar-refractivity contribution in [1.29, 1.82) is 0 Å². The molecule has 2 heterocycles. The van der Waals surface area contributed by atoms with Gasteiger partial charge in [-0.2, -0.15) is 0 Å². The lowest BCUT2D eigenvalue weighted by atomic mass is 10.1. The molecular formula is C20H18Cl2N4O3. The predicted molar refractivity (Wildman–Crippen MR) is 114 cm³/mol. The second-order valence-electron chi connectivity index (χ2n) is 6.73. The molecule has 0 saturated heterocycles. The summed E-state index contributed by atoms with van der Waals surface area (Å²) in [5.74, 6) is 1.42. The molecule has 29 heavy (non-hydrogen) atoms. The van der Waals surface area contributed by atoms with Crippen LogP contribution in [0.1, 0.15) is 12.8 Å². The number of carbonyl (C=O) groups excluding carboxylic acids is 1. The molecule has 0 atom stereocenters. The molecule has 7 nitrogen and oxygen atoms in total. The summed E-state index contributed by atoms with van der Waals surface area (Å²) in [6.45, 7) is 0. The van der Waals surface area contributed by atoms with Gasteiger partial charge in [-0.05, 0) is 25.0 Å². The summed E-state index contributed by atoms with van der Waals surface area (Å²) in [7, 11) is 3.00. The Morgan fingerprint density at radius 1 is 1.14 bits per heavy atom. The van der Waals surface area contributed by atoms with E-state index in [-0.39, 0.29) is 21.9 Å². The SMILES string of the molecule is COc1cc(OC)c(Cl)c(-c2cc3cnc(N)cc3c(NC(=O)C3CC3)n2)c1Cl. The largest absolute Gasteiger partial charge is 0.495 e. The maximum Gasteiger partial charge on any atom is 0.228 e. The van der Waals surface area contributed by atoms with E-state index in [1.165, 1.54) is 14.2 Å². The number of halogens is 2. The van der Waals surface area contributed by atoms with Gasteiger partial charge in [0, 0.05) is 34.5 Å². The Hall–Kier alpha value is -2.77. The van der Waals surface area contributed by atoms with E-state index in [0.717, 1.165) is 18.2 Å². The Morgan fingerprint density at radius 2 is 1.79 bits per heavy atom. The zero-order valence-corrected chi connectivity index (χ0v) is 17.3. The predicted octanol–water partition coefficient (Wildman–Crippen LogP) is 4.55. The van der Waals surface area contributed by atoms with Crippen molar-refractivity contribution in [2.24, 2.45) is 5.92 Å². The third-order valence-electron chi connectivity index (χ3n) is 4.76. The summed E-state index contributed by atoms with van der Waals surface area (Å²) in [4.78, 5) is 21.2. The van der Waals surface area contributed by atoms with Crippen LogP contribution in [0.25, 0.3) is 22.0 Å². The van der Waals surface area contributed by atoms with Crippen molar-refractivity contribution in [1.82, 2.24) is 9.97 Å². The summed E-state index contributed by atoms with van der Waals surface area (Å²) in [6, 6.07) is 5.05. The first-order valence-electron chi connectivity index (χ1n) is 8.90. The van der Waals surface area contributed by atoms with Crippen LogP contribution in [0.2, 0.25) is 10.0 Å². The van der Waals surface area contributed by atoms with E-state index in [4.69, 9.17) is 38.4 Å². The minimum Gasteiger partial charge on any atom is -0.495 e. The van der Waals surface area contributed by atoms with Crippen LogP contribution in [-0.4, -0.2) is 30.1 Å². The number of ether oxygens (including phenoxy) is 2. The highest BCUT2D eigenvalue weighted by Crippen LogP contribution is 2.46. The topological polar surface area (TPSA) is 99.4 Å². The lowest BCUT2D eigenvalue weighted by Gasteiger charge is -2.16. The van der Waals surface area contributed by atoms with Crippen LogP contribution in [0.5, 0.6) is 11.5 Å². The number of nitrogens with zero attached hydrogens (tertiary/aromatic N) is 2. The van der Waals surface area contributed by atoms with Crippen LogP contribution in [0.3, 0.4) is 0 Å². The fourth-order valence-electron chi connectivity index (χ4n) is 3.06. The van der Waals surface area contributed by atoms with E-state index in [9.17, 15) is 4.79 Å². The average molecular weight is 433 g/mol. The first-order valence-corrected chi connectivity index (χ1v) is 9.66. The van der Waals surface area contributed by atoms with Gasteiger partial charge in [0.2, 0.25) is 5.91 Å². The minimum absolute atomic E-state index is 0.0128. The van der Waals surface area contributed by atoms with Crippen molar-refractivity contribution < 1.29 is 14.3 Å². The van der Waals surface area contributed by atoms with Gasteiger partial charge in [0.1, 0.15) is 23.1 Å². The number of nitrogens with two attached hydrogens (primary N) is 1. The summed E-state index contributed by atoms with van der Waals surface area (Å²) in [5.41, 5.74) is 6.72. The third kappa shape index (κ3) is 3.63. The van der Waals surface area contributed by atoms with E-state index in [1.807, 2.05) is 0 Å². The van der Waals surface area contributed by atoms with Crippen LogP contribution in [0.4, 0.5) is 11.6 Å². The minimum atomic E-state index is -0.0771. The van der Waals surface area contributed by atoms with E-state index in [0.29, 0.717) is 39.8 Å². The number of methoxy groups -OCH3 is 2. The van der Waals surface area contributed by atoms with Gasteiger partial charge in [-0.15, -0.1) is 0 Å². The molecule has 0 aliphatic heterocycles. The number of aromatic nitrogens is 2. The van der Waals surface area contributed by atoms with E-state index in [2.05, 4.69) is 15.3 Å². The Kier molecular flexibility index (Phi) is 5.10. The number of amides is 1. The quantitative estimate of drug-likeness (QED) is 0.613. The molecule has 0 bridgehead atoms. The standard InChI is InChI=1S/C20H18Cl2N4O3/c1-28-13-7-14(29-2)18(22)16(17(13)21)12-5-10-8-24-15(23)6-11(10)19(25-12)26-20(27)9-3-4-9/h5-9H,3-4H2,1-2H3,(H2,23,24)(H,25,26,27).